The Balaban J connectivity index is 1.98. The number of amides is 1. The number of hydrogen-bond donors (Lipinski definition) is 2. The van der Waals surface area contributed by atoms with Crippen molar-refractivity contribution in [2.45, 2.75) is 40.6 Å². The number of rotatable bonds is 4. The highest BCUT2D eigenvalue weighted by atomic mass is 35.5. The van der Waals surface area contributed by atoms with E-state index in [1.165, 1.54) is 6.92 Å². The van der Waals surface area contributed by atoms with Crippen LogP contribution in [0.3, 0.4) is 0 Å². The molecule has 0 spiro atoms. The molecule has 2 saturated heterocycles. The number of halogens is 1. The third kappa shape index (κ3) is 2.34. The molecule has 8 heteroatoms. The normalized spacial score (nSPS) is 35.4. The molecular weight excluding hydrogens is 342 g/mol. The van der Waals surface area contributed by atoms with Crippen molar-refractivity contribution in [3.63, 3.8) is 0 Å². The number of carboxylic acid groups (broad SMARTS) is 1. The van der Waals surface area contributed by atoms with Crippen molar-refractivity contribution < 1.29 is 24.4 Å². The smallest absolute Gasteiger partial charge is 0.333 e. The standard InChI is InChI=1S/C15H16ClNO5S/c1-8(18)11-10-7-15(16,12(14(20)21)17(10)13(11)19)23(22)9-5-3-2-4-6-9/h2-6,8,10-12,18H,7H2,1H3,(H,20,21). The summed E-state index contributed by atoms with van der Waals surface area (Å²) in [5.74, 6) is -2.43. The minimum Gasteiger partial charge on any atom is -0.610 e. The van der Waals surface area contributed by atoms with Crippen LogP contribution in [0.5, 0.6) is 0 Å². The molecule has 124 valence electrons. The van der Waals surface area contributed by atoms with Crippen molar-refractivity contribution in [2.24, 2.45) is 5.92 Å². The number of hydrogen-bond acceptors (Lipinski definition) is 4. The van der Waals surface area contributed by atoms with Crippen molar-refractivity contribution in [3.8, 4) is 0 Å². The first kappa shape index (κ1) is 16.6. The number of alkyl halides is 1. The second-order valence-corrected chi connectivity index (χ2v) is 8.53. The van der Waals surface area contributed by atoms with E-state index < -0.39 is 51.4 Å². The number of carbonyl (C=O) groups is 2. The molecule has 23 heavy (non-hydrogen) atoms. The highest BCUT2D eigenvalue weighted by Crippen LogP contribution is 2.53. The molecule has 0 aliphatic carbocycles. The van der Waals surface area contributed by atoms with Crippen LogP contribution in [0, 0.1) is 5.92 Å². The Morgan fingerprint density at radius 3 is 2.61 bits per heavy atom. The van der Waals surface area contributed by atoms with Gasteiger partial charge in [-0.15, -0.1) is 0 Å². The zero-order valence-electron chi connectivity index (χ0n) is 12.3. The lowest BCUT2D eigenvalue weighted by molar-refractivity contribution is -0.169. The molecule has 0 saturated carbocycles. The van der Waals surface area contributed by atoms with E-state index >= 15 is 0 Å². The molecule has 1 amide bonds. The number of β-lactam (4-membered cyclic amide) rings is 1. The lowest BCUT2D eigenvalue weighted by Crippen LogP contribution is -2.65. The Morgan fingerprint density at radius 2 is 2.09 bits per heavy atom. The molecule has 0 aromatic heterocycles. The summed E-state index contributed by atoms with van der Waals surface area (Å²) in [6, 6.07) is 6.48. The molecule has 1 aromatic rings. The molecule has 2 aliphatic heterocycles. The van der Waals surface area contributed by atoms with Crippen LogP contribution in [0.25, 0.3) is 0 Å². The summed E-state index contributed by atoms with van der Waals surface area (Å²) in [6.45, 7) is 1.48. The number of benzene rings is 1. The van der Waals surface area contributed by atoms with Gasteiger partial charge >= 0.3 is 5.97 Å². The fraction of sp³-hybridized carbons (Fsp3) is 0.467. The van der Waals surface area contributed by atoms with E-state index in [-0.39, 0.29) is 6.42 Å². The van der Waals surface area contributed by atoms with Crippen molar-refractivity contribution in [2.75, 3.05) is 0 Å². The van der Waals surface area contributed by atoms with E-state index in [0.29, 0.717) is 4.90 Å². The maximum absolute atomic E-state index is 12.9. The van der Waals surface area contributed by atoms with E-state index in [2.05, 4.69) is 0 Å². The number of aliphatic carboxylic acids is 1. The summed E-state index contributed by atoms with van der Waals surface area (Å²) in [4.78, 5) is 25.5. The SMILES string of the molecule is CC(O)C1C(=O)N2C1CC(Cl)([S+]([O-])c1ccccc1)C2C(=O)O. The topological polar surface area (TPSA) is 101 Å². The van der Waals surface area contributed by atoms with Crippen LogP contribution in [0.4, 0.5) is 0 Å². The summed E-state index contributed by atoms with van der Waals surface area (Å²) in [7, 11) is 0. The maximum atomic E-state index is 12.9. The Bertz CT molecular complexity index is 642. The van der Waals surface area contributed by atoms with Gasteiger partial charge in [0.25, 0.3) is 0 Å². The summed E-state index contributed by atoms with van der Waals surface area (Å²) < 4.78 is 11.3. The molecule has 6 atom stereocenters. The summed E-state index contributed by atoms with van der Waals surface area (Å²) in [5.41, 5.74) is 0. The number of aliphatic hydroxyl groups is 1. The number of fused-ring (bicyclic) bond motifs is 1. The summed E-state index contributed by atoms with van der Waals surface area (Å²) in [5, 5.41) is 19.3. The van der Waals surface area contributed by atoms with Gasteiger partial charge in [-0.1, -0.05) is 29.8 Å². The van der Waals surface area contributed by atoms with Crippen molar-refractivity contribution in [3.05, 3.63) is 30.3 Å². The predicted octanol–water partition coefficient (Wildman–Crippen LogP) is 0.794. The Morgan fingerprint density at radius 1 is 1.48 bits per heavy atom. The first-order chi connectivity index (χ1) is 10.8. The molecule has 0 bridgehead atoms. The van der Waals surface area contributed by atoms with Gasteiger partial charge in [0.05, 0.1) is 18.1 Å². The maximum Gasteiger partial charge on any atom is 0.333 e. The van der Waals surface area contributed by atoms with Gasteiger partial charge in [-0.3, -0.25) is 4.79 Å². The van der Waals surface area contributed by atoms with Crippen molar-refractivity contribution in [1.82, 2.24) is 4.90 Å². The molecule has 2 N–H and O–H groups in total. The molecular formula is C15H16ClNO5S. The third-order valence-corrected chi connectivity index (χ3v) is 6.99. The summed E-state index contributed by atoms with van der Waals surface area (Å²) >= 11 is 4.71. The molecule has 0 radical (unpaired) electrons. The van der Waals surface area contributed by atoms with Gasteiger partial charge in [0, 0.05) is 17.6 Å². The van der Waals surface area contributed by atoms with E-state index in [1.54, 1.807) is 30.3 Å². The van der Waals surface area contributed by atoms with E-state index in [4.69, 9.17) is 11.6 Å². The van der Waals surface area contributed by atoms with Crippen LogP contribution < -0.4 is 0 Å². The average molecular weight is 358 g/mol. The van der Waals surface area contributed by atoms with Crippen LogP contribution in [-0.2, 0) is 20.8 Å². The van der Waals surface area contributed by atoms with Gasteiger partial charge in [0.15, 0.2) is 10.9 Å². The van der Waals surface area contributed by atoms with Crippen LogP contribution in [0.15, 0.2) is 35.2 Å². The lowest BCUT2D eigenvalue weighted by atomic mass is 9.84. The van der Waals surface area contributed by atoms with Gasteiger partial charge < -0.3 is 19.7 Å². The van der Waals surface area contributed by atoms with E-state index in [9.17, 15) is 24.4 Å². The van der Waals surface area contributed by atoms with E-state index in [0.717, 1.165) is 4.90 Å². The quantitative estimate of drug-likeness (QED) is 0.471. The second kappa shape index (κ2) is 5.66. The zero-order chi connectivity index (χ0) is 16.9. The van der Waals surface area contributed by atoms with Crippen LogP contribution in [-0.4, -0.2) is 53.9 Å². The Hall–Kier alpha value is -1.28. The van der Waals surface area contributed by atoms with E-state index in [1.807, 2.05) is 0 Å². The monoisotopic (exact) mass is 357 g/mol. The van der Waals surface area contributed by atoms with Crippen LogP contribution in [0.2, 0.25) is 0 Å². The minimum atomic E-state index is -1.81. The second-order valence-electron chi connectivity index (χ2n) is 5.89. The molecule has 2 fully saturated rings. The highest BCUT2D eigenvalue weighted by molar-refractivity contribution is 7.94. The van der Waals surface area contributed by atoms with Gasteiger partial charge in [0.1, 0.15) is 0 Å². The van der Waals surface area contributed by atoms with Gasteiger partial charge in [-0.05, 0) is 19.1 Å². The van der Waals surface area contributed by atoms with Crippen molar-refractivity contribution in [1.29, 1.82) is 0 Å². The summed E-state index contributed by atoms with van der Waals surface area (Å²) in [6.07, 6.45) is -0.837. The predicted molar refractivity (Wildman–Crippen MR) is 83.3 cm³/mol. The largest absolute Gasteiger partial charge is 0.610 e. The first-order valence-corrected chi connectivity index (χ1v) is 8.70. The minimum absolute atomic E-state index is 0.0638. The fourth-order valence-electron chi connectivity index (χ4n) is 3.49. The first-order valence-electron chi connectivity index (χ1n) is 7.18. The Kier molecular flexibility index (Phi) is 4.08. The number of carboxylic acids is 1. The van der Waals surface area contributed by atoms with Crippen LogP contribution in [0.1, 0.15) is 13.3 Å². The van der Waals surface area contributed by atoms with Crippen LogP contribution >= 0.6 is 11.6 Å². The molecule has 2 heterocycles. The lowest BCUT2D eigenvalue weighted by Gasteiger charge is -2.45. The highest BCUT2D eigenvalue weighted by Gasteiger charge is 2.71. The average Bonchev–Trinajstić information content (AvgIpc) is 2.77. The number of carbonyl (C=O) groups excluding carboxylic acids is 1. The number of nitrogens with zero attached hydrogens (tertiary/aromatic N) is 1. The molecule has 3 rings (SSSR count). The number of aliphatic hydroxyl groups excluding tert-OH is 1. The molecule has 6 unspecified atom stereocenters. The fourth-order valence-corrected chi connectivity index (χ4v) is 5.65. The molecule has 2 aliphatic rings. The molecule has 1 aromatic carbocycles. The van der Waals surface area contributed by atoms with Crippen molar-refractivity contribution >= 4 is 34.7 Å². The zero-order valence-corrected chi connectivity index (χ0v) is 13.8. The Labute approximate surface area is 141 Å². The third-order valence-electron chi connectivity index (χ3n) is 4.50. The van der Waals surface area contributed by atoms with Gasteiger partial charge in [-0.25, -0.2) is 4.79 Å². The molecule has 6 nitrogen and oxygen atoms in total. The van der Waals surface area contributed by atoms with Gasteiger partial charge in [0.2, 0.25) is 10.1 Å². The van der Waals surface area contributed by atoms with Gasteiger partial charge in [-0.2, -0.15) is 0 Å².